The maximum atomic E-state index is 12.6. The van der Waals surface area contributed by atoms with Gasteiger partial charge in [0.1, 0.15) is 0 Å². The first-order valence-electron chi connectivity index (χ1n) is 9.04. The lowest BCUT2D eigenvalue weighted by atomic mass is 9.84. The number of hydrogen-bond acceptors (Lipinski definition) is 2. The summed E-state index contributed by atoms with van der Waals surface area (Å²) < 4.78 is 1.90. The molecule has 0 saturated heterocycles. The molecular formula is C20H27N3O. The minimum atomic E-state index is 0.0201. The van der Waals surface area contributed by atoms with Crippen LogP contribution in [0.4, 0.5) is 0 Å². The number of nitrogens with one attached hydrogen (secondary N) is 1. The molecule has 4 nitrogen and oxygen atoms in total. The summed E-state index contributed by atoms with van der Waals surface area (Å²) in [7, 11) is 0. The van der Waals surface area contributed by atoms with Crippen LogP contribution in [0.15, 0.2) is 36.5 Å². The molecule has 128 valence electrons. The minimum absolute atomic E-state index is 0.0201. The third-order valence-corrected chi connectivity index (χ3v) is 5.28. The maximum absolute atomic E-state index is 12.6. The lowest BCUT2D eigenvalue weighted by Gasteiger charge is -2.28. The second-order valence-corrected chi connectivity index (χ2v) is 6.89. The van der Waals surface area contributed by atoms with Crippen molar-refractivity contribution < 1.29 is 4.79 Å². The molecule has 0 radical (unpaired) electrons. The summed E-state index contributed by atoms with van der Waals surface area (Å²) in [4.78, 5) is 12.6. The predicted molar refractivity (Wildman–Crippen MR) is 96.0 cm³/mol. The van der Waals surface area contributed by atoms with Crippen LogP contribution in [0.3, 0.4) is 0 Å². The third kappa shape index (κ3) is 3.86. The van der Waals surface area contributed by atoms with Gasteiger partial charge in [0.25, 0.3) is 5.91 Å². The van der Waals surface area contributed by atoms with Gasteiger partial charge in [0.2, 0.25) is 0 Å². The first-order chi connectivity index (χ1) is 11.7. The van der Waals surface area contributed by atoms with Gasteiger partial charge in [-0.3, -0.25) is 9.48 Å². The van der Waals surface area contributed by atoms with Crippen LogP contribution >= 0.6 is 0 Å². The number of carbonyl (C=O) groups excluding carboxylic acids is 1. The average Bonchev–Trinajstić information content (AvgIpc) is 2.97. The molecule has 0 unspecified atom stereocenters. The molecule has 1 N–H and O–H groups in total. The summed E-state index contributed by atoms with van der Waals surface area (Å²) in [5.41, 5.74) is 2.82. The number of nitrogens with zero attached hydrogens (tertiary/aromatic N) is 2. The van der Waals surface area contributed by atoms with Gasteiger partial charge >= 0.3 is 0 Å². The zero-order valence-electron chi connectivity index (χ0n) is 14.7. The fraction of sp³-hybridized carbons (Fsp3) is 0.500. The number of aromatic nitrogens is 2. The van der Waals surface area contributed by atoms with E-state index >= 15 is 0 Å². The van der Waals surface area contributed by atoms with Crippen molar-refractivity contribution in [1.82, 2.24) is 15.1 Å². The lowest BCUT2D eigenvalue weighted by molar-refractivity contribution is 0.0921. The molecule has 1 aliphatic rings. The van der Waals surface area contributed by atoms with Crippen LogP contribution in [0.25, 0.3) is 0 Å². The Morgan fingerprint density at radius 2 is 1.92 bits per heavy atom. The molecule has 0 aliphatic heterocycles. The van der Waals surface area contributed by atoms with Crippen LogP contribution in [0, 0.1) is 12.8 Å². The average molecular weight is 325 g/mol. The van der Waals surface area contributed by atoms with Crippen LogP contribution in [-0.2, 0) is 6.54 Å². The largest absolute Gasteiger partial charge is 0.349 e. The van der Waals surface area contributed by atoms with Crippen LogP contribution in [0.2, 0.25) is 0 Å². The Morgan fingerprint density at radius 1 is 1.21 bits per heavy atom. The van der Waals surface area contributed by atoms with Gasteiger partial charge in [-0.2, -0.15) is 5.10 Å². The zero-order chi connectivity index (χ0) is 16.9. The highest BCUT2D eigenvalue weighted by Crippen LogP contribution is 2.26. The van der Waals surface area contributed by atoms with E-state index in [9.17, 15) is 4.79 Å². The second kappa shape index (κ2) is 7.65. The van der Waals surface area contributed by atoms with Crippen LogP contribution < -0.4 is 5.32 Å². The van der Waals surface area contributed by atoms with Crippen molar-refractivity contribution in [1.29, 1.82) is 0 Å². The van der Waals surface area contributed by atoms with Gasteiger partial charge in [0.05, 0.1) is 18.3 Å². The van der Waals surface area contributed by atoms with Crippen molar-refractivity contribution in [2.75, 3.05) is 0 Å². The molecule has 1 heterocycles. The maximum Gasteiger partial charge on any atom is 0.254 e. The highest BCUT2D eigenvalue weighted by molar-refractivity contribution is 5.95. The Morgan fingerprint density at radius 3 is 2.58 bits per heavy atom. The molecule has 4 heteroatoms. The highest BCUT2D eigenvalue weighted by Gasteiger charge is 2.23. The Kier molecular flexibility index (Phi) is 5.34. The Balaban J connectivity index is 1.62. The number of carbonyl (C=O) groups is 1. The molecule has 24 heavy (non-hydrogen) atoms. The predicted octanol–water partition coefficient (Wildman–Crippen LogP) is 3.94. The van der Waals surface area contributed by atoms with E-state index in [1.807, 2.05) is 29.8 Å². The van der Waals surface area contributed by atoms with E-state index in [-0.39, 0.29) is 5.91 Å². The van der Waals surface area contributed by atoms with Gasteiger partial charge in [0, 0.05) is 11.7 Å². The molecule has 1 aromatic heterocycles. The van der Waals surface area contributed by atoms with E-state index in [1.165, 1.54) is 24.8 Å². The molecule has 1 amide bonds. The van der Waals surface area contributed by atoms with E-state index in [2.05, 4.69) is 29.5 Å². The van der Waals surface area contributed by atoms with Gasteiger partial charge in [-0.15, -0.1) is 0 Å². The summed E-state index contributed by atoms with van der Waals surface area (Å²) in [5.74, 6) is 0.861. The monoisotopic (exact) mass is 325 g/mol. The summed E-state index contributed by atoms with van der Waals surface area (Å²) in [6.07, 6.45) is 7.61. The quantitative estimate of drug-likeness (QED) is 0.905. The van der Waals surface area contributed by atoms with Crippen LogP contribution in [0.1, 0.15) is 60.6 Å². The molecule has 0 spiro atoms. The molecule has 3 rings (SSSR count). The van der Waals surface area contributed by atoms with E-state index in [4.69, 9.17) is 0 Å². The Hall–Kier alpha value is -2.10. The van der Waals surface area contributed by atoms with Crippen molar-refractivity contribution in [3.05, 3.63) is 53.3 Å². The first-order valence-corrected chi connectivity index (χ1v) is 9.04. The zero-order valence-corrected chi connectivity index (χ0v) is 14.7. The van der Waals surface area contributed by atoms with Gasteiger partial charge in [-0.1, -0.05) is 43.7 Å². The van der Waals surface area contributed by atoms with Gasteiger partial charge < -0.3 is 5.32 Å². The smallest absolute Gasteiger partial charge is 0.254 e. The van der Waals surface area contributed by atoms with E-state index < -0.39 is 0 Å². The van der Waals surface area contributed by atoms with E-state index in [0.717, 1.165) is 24.5 Å². The first kappa shape index (κ1) is 16.7. The molecule has 0 atom stereocenters. The van der Waals surface area contributed by atoms with Gasteiger partial charge in [-0.25, -0.2) is 0 Å². The van der Waals surface area contributed by atoms with Crippen molar-refractivity contribution in [3.63, 3.8) is 0 Å². The minimum Gasteiger partial charge on any atom is -0.349 e. The molecule has 1 aromatic carbocycles. The highest BCUT2D eigenvalue weighted by atomic mass is 16.1. The summed E-state index contributed by atoms with van der Waals surface area (Å²) >= 11 is 0. The molecule has 1 saturated carbocycles. The summed E-state index contributed by atoms with van der Waals surface area (Å²) in [5, 5.41) is 7.61. The SMILES string of the molecule is CCC1CCC(NC(=O)c2cnn(Cc3ccccc3)c2C)CC1. The van der Waals surface area contributed by atoms with E-state index in [0.29, 0.717) is 18.2 Å². The van der Waals surface area contributed by atoms with Crippen LogP contribution in [-0.4, -0.2) is 21.7 Å². The number of hydrogen-bond donors (Lipinski definition) is 1. The second-order valence-electron chi connectivity index (χ2n) is 6.89. The molecular weight excluding hydrogens is 298 g/mol. The Bertz CT molecular complexity index is 669. The van der Waals surface area contributed by atoms with Crippen molar-refractivity contribution in [2.45, 2.75) is 58.5 Å². The molecule has 0 bridgehead atoms. The van der Waals surface area contributed by atoms with Crippen molar-refractivity contribution in [3.8, 4) is 0 Å². The van der Waals surface area contributed by atoms with Crippen LogP contribution in [0.5, 0.6) is 0 Å². The van der Waals surface area contributed by atoms with E-state index in [1.54, 1.807) is 6.20 Å². The third-order valence-electron chi connectivity index (χ3n) is 5.28. The van der Waals surface area contributed by atoms with Crippen molar-refractivity contribution in [2.24, 2.45) is 5.92 Å². The van der Waals surface area contributed by atoms with Gasteiger partial charge in [-0.05, 0) is 44.1 Å². The molecule has 1 aliphatic carbocycles. The summed E-state index contributed by atoms with van der Waals surface area (Å²) in [6.45, 7) is 4.93. The summed E-state index contributed by atoms with van der Waals surface area (Å²) in [6, 6.07) is 10.5. The fourth-order valence-electron chi connectivity index (χ4n) is 3.56. The number of benzene rings is 1. The lowest BCUT2D eigenvalue weighted by Crippen LogP contribution is -2.37. The topological polar surface area (TPSA) is 46.9 Å². The normalized spacial score (nSPS) is 20.8. The van der Waals surface area contributed by atoms with Gasteiger partial charge in [0.15, 0.2) is 0 Å². The number of rotatable bonds is 5. The molecule has 1 fully saturated rings. The van der Waals surface area contributed by atoms with Crippen molar-refractivity contribution >= 4 is 5.91 Å². The molecule has 2 aromatic rings. The fourth-order valence-corrected chi connectivity index (χ4v) is 3.56. The standard InChI is InChI=1S/C20H27N3O/c1-3-16-9-11-18(12-10-16)22-20(24)19-13-21-23(15(19)2)14-17-7-5-4-6-8-17/h4-8,13,16,18H,3,9-12,14H2,1-2H3,(H,22,24). The number of amides is 1. The Labute approximate surface area is 144 Å².